The van der Waals surface area contributed by atoms with Crippen LogP contribution in [0.1, 0.15) is 19.4 Å². The van der Waals surface area contributed by atoms with E-state index in [1.165, 1.54) is 19.2 Å². The molecular weight excluding hydrogens is 420 g/mol. The first-order valence-corrected chi connectivity index (χ1v) is 11.6. The molecule has 1 N–H and O–H groups in total. The Morgan fingerprint density at radius 3 is 2.45 bits per heavy atom. The van der Waals surface area contributed by atoms with Gasteiger partial charge in [-0.05, 0) is 50.1 Å². The van der Waals surface area contributed by atoms with Crippen molar-refractivity contribution >= 4 is 15.9 Å². The normalized spacial score (nSPS) is 13.3. The van der Waals surface area contributed by atoms with Crippen molar-refractivity contribution in [1.82, 2.24) is 9.62 Å². The minimum atomic E-state index is -3.84. The molecule has 9 heteroatoms. The topological polar surface area (TPSA) is 94.2 Å². The van der Waals surface area contributed by atoms with Gasteiger partial charge in [0.15, 0.2) is 11.5 Å². The largest absolute Gasteiger partial charge is 0.491 e. The van der Waals surface area contributed by atoms with Crippen LogP contribution in [0.15, 0.2) is 47.4 Å². The highest BCUT2D eigenvalue weighted by Gasteiger charge is 2.25. The SMILES string of the molecule is CC(C)Oc1ccc(CCNC(=O)CN(C)S(=O)(=O)c2ccc3c(c2)OCCO3)cc1. The van der Waals surface area contributed by atoms with E-state index in [4.69, 9.17) is 14.2 Å². The third-order valence-electron chi connectivity index (χ3n) is 4.62. The second-order valence-electron chi connectivity index (χ2n) is 7.48. The van der Waals surface area contributed by atoms with E-state index in [9.17, 15) is 13.2 Å². The van der Waals surface area contributed by atoms with Crippen LogP contribution in [-0.2, 0) is 21.2 Å². The highest BCUT2D eigenvalue weighted by atomic mass is 32.2. The van der Waals surface area contributed by atoms with Crippen molar-refractivity contribution in [2.24, 2.45) is 0 Å². The van der Waals surface area contributed by atoms with E-state index < -0.39 is 10.0 Å². The van der Waals surface area contributed by atoms with Crippen molar-refractivity contribution in [1.29, 1.82) is 0 Å². The van der Waals surface area contributed by atoms with E-state index in [2.05, 4.69) is 5.32 Å². The Morgan fingerprint density at radius 2 is 1.77 bits per heavy atom. The summed E-state index contributed by atoms with van der Waals surface area (Å²) in [5, 5.41) is 2.76. The zero-order chi connectivity index (χ0) is 22.4. The maximum atomic E-state index is 12.8. The number of ether oxygens (including phenoxy) is 3. The fraction of sp³-hybridized carbons (Fsp3) is 0.409. The Morgan fingerprint density at radius 1 is 1.10 bits per heavy atom. The van der Waals surface area contributed by atoms with E-state index in [0.717, 1.165) is 15.6 Å². The molecule has 0 atom stereocenters. The van der Waals surface area contributed by atoms with Gasteiger partial charge < -0.3 is 19.5 Å². The van der Waals surface area contributed by atoms with Crippen molar-refractivity contribution in [3.63, 3.8) is 0 Å². The molecule has 1 heterocycles. The summed E-state index contributed by atoms with van der Waals surface area (Å²) in [6.45, 7) is 4.85. The minimum Gasteiger partial charge on any atom is -0.491 e. The van der Waals surface area contributed by atoms with Crippen LogP contribution in [0.2, 0.25) is 0 Å². The quantitative estimate of drug-likeness (QED) is 0.632. The summed E-state index contributed by atoms with van der Waals surface area (Å²) in [5.41, 5.74) is 1.05. The van der Waals surface area contributed by atoms with Crippen molar-refractivity contribution in [2.75, 3.05) is 33.4 Å². The summed E-state index contributed by atoms with van der Waals surface area (Å²) in [6.07, 6.45) is 0.743. The van der Waals surface area contributed by atoms with Crippen LogP contribution in [-0.4, -0.2) is 58.1 Å². The molecule has 1 aliphatic heterocycles. The molecule has 8 nitrogen and oxygen atoms in total. The Balaban J connectivity index is 1.50. The fourth-order valence-corrected chi connectivity index (χ4v) is 4.20. The number of benzene rings is 2. The lowest BCUT2D eigenvalue weighted by atomic mass is 10.1. The first-order chi connectivity index (χ1) is 14.8. The number of nitrogens with zero attached hydrogens (tertiary/aromatic N) is 1. The van der Waals surface area contributed by atoms with Crippen LogP contribution in [0.25, 0.3) is 0 Å². The molecule has 0 aromatic heterocycles. The van der Waals surface area contributed by atoms with Crippen LogP contribution >= 0.6 is 0 Å². The highest BCUT2D eigenvalue weighted by Crippen LogP contribution is 2.32. The Labute approximate surface area is 183 Å². The minimum absolute atomic E-state index is 0.0516. The lowest BCUT2D eigenvalue weighted by Gasteiger charge is -2.21. The van der Waals surface area contributed by atoms with Crippen LogP contribution in [0.3, 0.4) is 0 Å². The number of rotatable bonds is 9. The second-order valence-corrected chi connectivity index (χ2v) is 9.52. The van der Waals surface area contributed by atoms with Crippen LogP contribution in [0, 0.1) is 0 Å². The Bertz CT molecular complexity index is 1010. The van der Waals surface area contributed by atoms with E-state index in [1.54, 1.807) is 6.07 Å². The molecule has 31 heavy (non-hydrogen) atoms. The summed E-state index contributed by atoms with van der Waals surface area (Å²) in [5.74, 6) is 1.32. The predicted molar refractivity (Wildman–Crippen MR) is 116 cm³/mol. The van der Waals surface area contributed by atoms with Gasteiger partial charge in [-0.1, -0.05) is 12.1 Å². The average molecular weight is 449 g/mol. The molecule has 0 unspecified atom stereocenters. The smallest absolute Gasteiger partial charge is 0.243 e. The number of likely N-dealkylation sites (N-methyl/N-ethyl adjacent to an activating group) is 1. The van der Waals surface area contributed by atoms with Crippen LogP contribution < -0.4 is 19.5 Å². The molecule has 0 radical (unpaired) electrons. The van der Waals surface area contributed by atoms with Gasteiger partial charge in [0.2, 0.25) is 15.9 Å². The van der Waals surface area contributed by atoms with Crippen molar-refractivity contribution in [3.05, 3.63) is 48.0 Å². The molecule has 0 fully saturated rings. The molecule has 0 bridgehead atoms. The summed E-state index contributed by atoms with van der Waals surface area (Å²) >= 11 is 0. The van der Waals surface area contributed by atoms with E-state index in [0.29, 0.717) is 37.7 Å². The zero-order valence-electron chi connectivity index (χ0n) is 18.0. The Kier molecular flexibility index (Phi) is 7.40. The molecule has 0 aliphatic carbocycles. The molecule has 1 amide bonds. The van der Waals surface area contributed by atoms with Gasteiger partial charge in [-0.3, -0.25) is 4.79 Å². The molecule has 2 aromatic rings. The number of carbonyl (C=O) groups is 1. The van der Waals surface area contributed by atoms with Crippen LogP contribution in [0.4, 0.5) is 0 Å². The molecule has 0 saturated heterocycles. The standard InChI is InChI=1S/C22H28N2O6S/c1-16(2)30-18-6-4-17(5-7-18)10-11-23-22(25)15-24(3)31(26,27)19-8-9-20-21(14-19)29-13-12-28-20/h4-9,14,16H,10-13,15H2,1-3H3,(H,23,25). The predicted octanol–water partition coefficient (Wildman–Crippen LogP) is 2.22. The van der Waals surface area contributed by atoms with Gasteiger partial charge in [0, 0.05) is 19.7 Å². The van der Waals surface area contributed by atoms with E-state index >= 15 is 0 Å². The van der Waals surface area contributed by atoms with Crippen molar-refractivity contribution in [3.8, 4) is 17.2 Å². The molecule has 0 saturated carbocycles. The first kappa shape index (κ1) is 22.9. The van der Waals surface area contributed by atoms with Crippen LogP contribution in [0.5, 0.6) is 17.2 Å². The third-order valence-corrected chi connectivity index (χ3v) is 6.42. The monoisotopic (exact) mass is 448 g/mol. The molecule has 168 valence electrons. The number of sulfonamides is 1. The lowest BCUT2D eigenvalue weighted by molar-refractivity contribution is -0.121. The highest BCUT2D eigenvalue weighted by molar-refractivity contribution is 7.89. The molecule has 2 aromatic carbocycles. The number of fused-ring (bicyclic) bond motifs is 1. The second kappa shape index (κ2) is 10.0. The van der Waals surface area contributed by atoms with Gasteiger partial charge in [-0.25, -0.2) is 8.42 Å². The average Bonchev–Trinajstić information content (AvgIpc) is 2.74. The number of hydrogen-bond acceptors (Lipinski definition) is 6. The summed E-state index contributed by atoms with van der Waals surface area (Å²) in [6, 6.07) is 12.1. The van der Waals surface area contributed by atoms with E-state index in [1.807, 2.05) is 38.1 Å². The maximum Gasteiger partial charge on any atom is 0.243 e. The van der Waals surface area contributed by atoms with E-state index in [-0.39, 0.29) is 23.5 Å². The lowest BCUT2D eigenvalue weighted by Crippen LogP contribution is -2.39. The molecule has 0 spiro atoms. The molecular formula is C22H28N2O6S. The summed E-state index contributed by atoms with van der Waals surface area (Å²) in [4.78, 5) is 12.3. The zero-order valence-corrected chi connectivity index (χ0v) is 18.8. The third kappa shape index (κ3) is 6.11. The fourth-order valence-electron chi connectivity index (χ4n) is 3.06. The summed E-state index contributed by atoms with van der Waals surface area (Å²) < 4.78 is 43.1. The maximum absolute atomic E-state index is 12.8. The first-order valence-electron chi connectivity index (χ1n) is 10.1. The number of hydrogen-bond donors (Lipinski definition) is 1. The van der Waals surface area contributed by atoms with Gasteiger partial charge >= 0.3 is 0 Å². The van der Waals surface area contributed by atoms with Gasteiger partial charge in [0.25, 0.3) is 0 Å². The number of amides is 1. The molecule has 1 aliphatic rings. The number of carbonyl (C=O) groups excluding carboxylic acids is 1. The molecule has 3 rings (SSSR count). The Hall–Kier alpha value is -2.78. The van der Waals surface area contributed by atoms with Crippen molar-refractivity contribution in [2.45, 2.75) is 31.3 Å². The van der Waals surface area contributed by atoms with Gasteiger partial charge in [0.1, 0.15) is 19.0 Å². The van der Waals surface area contributed by atoms with Crippen molar-refractivity contribution < 1.29 is 27.4 Å². The summed E-state index contributed by atoms with van der Waals surface area (Å²) in [7, 11) is -2.46. The van der Waals surface area contributed by atoms with Gasteiger partial charge in [-0.15, -0.1) is 0 Å². The van der Waals surface area contributed by atoms with Gasteiger partial charge in [-0.2, -0.15) is 4.31 Å². The number of nitrogens with one attached hydrogen (secondary N) is 1. The van der Waals surface area contributed by atoms with Gasteiger partial charge in [0.05, 0.1) is 17.5 Å².